The maximum atomic E-state index is 12.8. The lowest BCUT2D eigenvalue weighted by Crippen LogP contribution is -2.33. The zero-order valence-electron chi connectivity index (χ0n) is 31.8. The summed E-state index contributed by atoms with van der Waals surface area (Å²) in [6, 6.07) is 17.1. The van der Waals surface area contributed by atoms with Crippen molar-refractivity contribution in [3.8, 4) is 11.5 Å². The van der Waals surface area contributed by atoms with Crippen LogP contribution in [0.15, 0.2) is 72.8 Å². The Hall–Kier alpha value is -4.22. The lowest BCUT2D eigenvalue weighted by molar-refractivity contribution is -0.385. The van der Waals surface area contributed by atoms with Gasteiger partial charge in [0, 0.05) is 46.2 Å². The summed E-state index contributed by atoms with van der Waals surface area (Å²) in [6.07, 6.45) is 7.88. The zero-order valence-corrected chi connectivity index (χ0v) is 36.4. The van der Waals surface area contributed by atoms with Crippen LogP contribution in [0.4, 0.5) is 22.7 Å². The Morgan fingerprint density at radius 3 is 1.51 bits per heavy atom. The summed E-state index contributed by atoms with van der Waals surface area (Å²) in [4.78, 5) is 48.0. The second-order valence-electron chi connectivity index (χ2n) is 13.1. The van der Waals surface area contributed by atoms with E-state index < -0.39 is 21.7 Å². The number of nitro groups is 2. The van der Waals surface area contributed by atoms with Crippen molar-refractivity contribution in [2.75, 3.05) is 61.9 Å². The summed E-state index contributed by atoms with van der Waals surface area (Å²) < 4.78 is 11.3. The summed E-state index contributed by atoms with van der Waals surface area (Å²) >= 11 is 27.3. The Bertz CT molecular complexity index is 2060. The summed E-state index contributed by atoms with van der Waals surface area (Å²) in [7, 11) is 0. The first-order valence-electron chi connectivity index (χ1n) is 18.7. The van der Waals surface area contributed by atoms with E-state index in [2.05, 4.69) is 36.8 Å². The average Bonchev–Trinajstić information content (AvgIpc) is 3.23. The van der Waals surface area contributed by atoms with E-state index in [-0.39, 0.29) is 43.9 Å². The number of rotatable bonds is 13. The summed E-state index contributed by atoms with van der Waals surface area (Å²) in [5, 5.41) is 31.6. The van der Waals surface area contributed by atoms with Crippen LogP contribution in [-0.4, -0.2) is 77.8 Å². The van der Waals surface area contributed by atoms with Crippen LogP contribution in [0.5, 0.6) is 11.5 Å². The quantitative estimate of drug-likeness (QED) is 0.0664. The average molecular weight is 958 g/mol. The molecular weight excluding hydrogens is 914 g/mol. The van der Waals surface area contributed by atoms with Gasteiger partial charge in [-0.3, -0.25) is 34.7 Å². The van der Waals surface area contributed by atoms with Crippen LogP contribution in [0.25, 0.3) is 0 Å². The molecule has 2 aliphatic rings. The molecule has 0 spiro atoms. The molecule has 3 N–H and O–H groups in total. The third-order valence-electron chi connectivity index (χ3n) is 8.85. The molecule has 4 aromatic rings. The number of alkyl halides is 1. The second-order valence-corrected chi connectivity index (χ2v) is 15.6. The Labute approximate surface area is 370 Å². The van der Waals surface area contributed by atoms with Gasteiger partial charge in [-0.05, 0) is 100 Å². The first kappa shape index (κ1) is 47.5. The van der Waals surface area contributed by atoms with Crippen molar-refractivity contribution in [2.24, 2.45) is 0 Å². The number of nitro benzene ring substituents is 2. The molecule has 2 aliphatic heterocycles. The zero-order chi connectivity index (χ0) is 42.7. The largest absolute Gasteiger partial charge is 0.492 e. The van der Waals surface area contributed by atoms with Crippen molar-refractivity contribution in [3.05, 3.63) is 124 Å². The topological polar surface area (TPSA) is 178 Å². The number of hydrogen-bond donors (Lipinski definition) is 3. The van der Waals surface area contributed by atoms with Crippen LogP contribution in [-0.2, 0) is 0 Å². The molecule has 0 bridgehead atoms. The molecule has 0 unspecified atom stereocenters. The molecule has 0 aliphatic carbocycles. The Morgan fingerprint density at radius 2 is 1.12 bits per heavy atom. The molecule has 2 amide bonds. The Kier molecular flexibility index (Phi) is 19.9. The molecule has 2 heterocycles. The normalized spacial score (nSPS) is 13.7. The number of halogens is 5. The van der Waals surface area contributed by atoms with Crippen LogP contribution < -0.4 is 25.4 Å². The number of carbonyl (C=O) groups excluding carboxylic acids is 2. The van der Waals surface area contributed by atoms with Crippen molar-refractivity contribution >= 4 is 96.9 Å². The van der Waals surface area contributed by atoms with E-state index in [1.807, 2.05) is 0 Å². The monoisotopic (exact) mass is 954 g/mol. The van der Waals surface area contributed by atoms with Crippen LogP contribution in [0.2, 0.25) is 20.1 Å². The second kappa shape index (κ2) is 24.8. The van der Waals surface area contributed by atoms with Gasteiger partial charge in [-0.15, -0.1) is 0 Å². The Morgan fingerprint density at radius 1 is 0.661 bits per heavy atom. The molecule has 59 heavy (non-hydrogen) atoms. The van der Waals surface area contributed by atoms with Crippen LogP contribution in [0, 0.1) is 20.2 Å². The van der Waals surface area contributed by atoms with E-state index >= 15 is 0 Å². The van der Waals surface area contributed by atoms with E-state index in [1.165, 1.54) is 94.1 Å². The van der Waals surface area contributed by atoms with Gasteiger partial charge in [0.05, 0.1) is 49.0 Å². The lowest BCUT2D eigenvalue weighted by atomic mass is 10.1. The SMILES string of the molecule is C1CCNCC1.O=C(Nc1ccc([N+](=O)[O-])cc1Cl)c1cc(Cl)ccc1OCCBr.O=C(Nc1ccc([N+](=O)[O-])cc1Cl)c1cc(Cl)ccc1OCCN1CCCCC1. The maximum absolute atomic E-state index is 12.8. The van der Waals surface area contributed by atoms with Gasteiger partial charge >= 0.3 is 0 Å². The molecule has 316 valence electrons. The van der Waals surface area contributed by atoms with E-state index in [0.29, 0.717) is 40.1 Å². The predicted octanol–water partition coefficient (Wildman–Crippen LogP) is 10.7. The minimum atomic E-state index is -0.569. The molecular formula is C40H43BrCl4N6O8. The van der Waals surface area contributed by atoms with Crippen molar-refractivity contribution in [2.45, 2.75) is 38.5 Å². The molecule has 4 aromatic carbocycles. The van der Waals surface area contributed by atoms with Crippen LogP contribution in [0.3, 0.4) is 0 Å². The highest BCUT2D eigenvalue weighted by Crippen LogP contribution is 2.31. The number of nitrogens with zero attached hydrogens (tertiary/aromatic N) is 3. The molecule has 2 saturated heterocycles. The first-order valence-corrected chi connectivity index (χ1v) is 21.3. The summed E-state index contributed by atoms with van der Waals surface area (Å²) in [5.41, 5.74) is 0.697. The van der Waals surface area contributed by atoms with E-state index in [4.69, 9.17) is 55.9 Å². The fourth-order valence-corrected chi connectivity index (χ4v) is 6.80. The summed E-state index contributed by atoms with van der Waals surface area (Å²) in [6.45, 7) is 6.25. The van der Waals surface area contributed by atoms with Gasteiger partial charge in [-0.25, -0.2) is 0 Å². The van der Waals surface area contributed by atoms with Gasteiger partial charge < -0.3 is 25.4 Å². The number of nitrogens with one attached hydrogen (secondary N) is 3. The molecule has 2 fully saturated rings. The van der Waals surface area contributed by atoms with Gasteiger partial charge in [0.15, 0.2) is 0 Å². The van der Waals surface area contributed by atoms with Gasteiger partial charge in [0.1, 0.15) is 18.1 Å². The predicted molar refractivity (Wildman–Crippen MR) is 237 cm³/mol. The number of amides is 2. The molecule has 6 rings (SSSR count). The fourth-order valence-electron chi connectivity index (χ4n) is 5.85. The van der Waals surface area contributed by atoms with Crippen LogP contribution in [0.1, 0.15) is 59.2 Å². The van der Waals surface area contributed by atoms with E-state index in [9.17, 15) is 29.8 Å². The fraction of sp³-hybridized carbons (Fsp3) is 0.350. The van der Waals surface area contributed by atoms with Crippen molar-refractivity contribution in [1.82, 2.24) is 10.2 Å². The van der Waals surface area contributed by atoms with Gasteiger partial charge in [0.2, 0.25) is 0 Å². The number of benzene rings is 4. The minimum absolute atomic E-state index is 0.0579. The van der Waals surface area contributed by atoms with Crippen molar-refractivity contribution in [1.29, 1.82) is 0 Å². The van der Waals surface area contributed by atoms with Gasteiger partial charge in [-0.2, -0.15) is 0 Å². The first-order chi connectivity index (χ1) is 28.4. The molecule has 19 heteroatoms. The van der Waals surface area contributed by atoms with Gasteiger partial charge in [0.25, 0.3) is 23.2 Å². The number of hydrogen-bond acceptors (Lipinski definition) is 10. The number of anilines is 2. The number of non-ortho nitro benzene ring substituents is 2. The molecule has 0 saturated carbocycles. The summed E-state index contributed by atoms with van der Waals surface area (Å²) in [5.74, 6) is -0.162. The molecule has 0 atom stereocenters. The van der Waals surface area contributed by atoms with Crippen molar-refractivity contribution < 1.29 is 28.9 Å². The maximum Gasteiger partial charge on any atom is 0.271 e. The number of carbonyl (C=O) groups is 2. The minimum Gasteiger partial charge on any atom is -0.492 e. The molecule has 14 nitrogen and oxygen atoms in total. The van der Waals surface area contributed by atoms with Crippen molar-refractivity contribution in [3.63, 3.8) is 0 Å². The van der Waals surface area contributed by atoms with Gasteiger partial charge in [-0.1, -0.05) is 75.2 Å². The smallest absolute Gasteiger partial charge is 0.271 e. The highest BCUT2D eigenvalue weighted by atomic mass is 79.9. The third kappa shape index (κ3) is 15.7. The van der Waals surface area contributed by atoms with Crippen LogP contribution >= 0.6 is 62.3 Å². The number of piperidine rings is 2. The van der Waals surface area contributed by atoms with E-state index in [1.54, 1.807) is 24.3 Å². The number of likely N-dealkylation sites (tertiary alicyclic amines) is 1. The highest BCUT2D eigenvalue weighted by molar-refractivity contribution is 9.09. The third-order valence-corrected chi connectivity index (χ3v) is 10.3. The van der Waals surface area contributed by atoms with E-state index in [0.717, 1.165) is 25.7 Å². The highest BCUT2D eigenvalue weighted by Gasteiger charge is 2.19. The molecule has 0 aromatic heterocycles. The Balaban J connectivity index is 0.000000231. The lowest BCUT2D eigenvalue weighted by Gasteiger charge is -2.26. The standard InChI is InChI=1S/C20H21Cl2N3O4.C15H11BrCl2N2O4.C5H11N/c21-14-4-7-19(29-11-10-24-8-2-1-3-9-24)16(12-14)20(26)23-18-6-5-15(25(27)28)13-17(18)22;16-5-6-24-14-4-1-9(17)7-11(14)15(21)19-13-3-2-10(20(22)23)8-12(13)18;1-2-4-6-5-3-1/h4-7,12-13H,1-3,8-11H2,(H,23,26);1-4,7-8H,5-6H2,(H,19,21);6H,1-5H2. The number of ether oxygens (including phenoxy) is 2. The molecule has 0 radical (unpaired) electrons.